The van der Waals surface area contributed by atoms with Gasteiger partial charge in [0, 0.05) is 25.3 Å². The van der Waals surface area contributed by atoms with Crippen LogP contribution in [0.4, 0.5) is 5.69 Å². The van der Waals surface area contributed by atoms with Crippen LogP contribution in [0.5, 0.6) is 0 Å². The number of nitrogens with zero attached hydrogens (tertiary/aromatic N) is 1. The van der Waals surface area contributed by atoms with E-state index in [0.717, 1.165) is 12.5 Å². The van der Waals surface area contributed by atoms with Gasteiger partial charge in [-0.25, -0.2) is 0 Å². The maximum atomic E-state index is 6.10. The van der Waals surface area contributed by atoms with Crippen molar-refractivity contribution < 1.29 is 0 Å². The second-order valence-corrected chi connectivity index (χ2v) is 5.95. The number of nitrogens with two attached hydrogens (primary N) is 1. The van der Waals surface area contributed by atoms with Gasteiger partial charge in [0.25, 0.3) is 0 Å². The molecule has 1 aliphatic rings. The number of benzene rings is 1. The van der Waals surface area contributed by atoms with E-state index in [1.807, 2.05) is 0 Å². The van der Waals surface area contributed by atoms with E-state index in [-0.39, 0.29) is 0 Å². The molecule has 1 saturated carbocycles. The van der Waals surface area contributed by atoms with Gasteiger partial charge in [-0.3, -0.25) is 0 Å². The molecule has 1 fully saturated rings. The van der Waals surface area contributed by atoms with Crippen molar-refractivity contribution >= 4 is 5.69 Å². The molecule has 106 valence electrons. The Morgan fingerprint density at radius 2 is 1.79 bits per heavy atom. The predicted octanol–water partition coefficient (Wildman–Crippen LogP) is 3.73. The van der Waals surface area contributed by atoms with Crippen LogP contribution in [-0.4, -0.2) is 19.6 Å². The van der Waals surface area contributed by atoms with Gasteiger partial charge in [-0.05, 0) is 37.3 Å². The van der Waals surface area contributed by atoms with Crippen molar-refractivity contribution in [2.24, 2.45) is 11.7 Å². The van der Waals surface area contributed by atoms with Crippen molar-refractivity contribution in [2.75, 3.05) is 18.5 Å². The van der Waals surface area contributed by atoms with Gasteiger partial charge in [0.15, 0.2) is 0 Å². The molecule has 1 atom stereocenters. The summed E-state index contributed by atoms with van der Waals surface area (Å²) in [6, 6.07) is 9.12. The molecule has 0 heterocycles. The zero-order chi connectivity index (χ0) is 13.7. The molecule has 2 rings (SSSR count). The minimum Gasteiger partial charge on any atom is -0.370 e. The minimum atomic E-state index is 0.485. The molecule has 2 heteroatoms. The van der Waals surface area contributed by atoms with Crippen LogP contribution in [0.1, 0.15) is 44.1 Å². The average Bonchev–Trinajstić information content (AvgIpc) is 2.69. The number of likely N-dealkylation sites (N-methyl/N-ethyl adjacent to an activating group) is 1. The van der Waals surface area contributed by atoms with E-state index < -0.39 is 0 Å². The van der Waals surface area contributed by atoms with Crippen LogP contribution in [0, 0.1) is 12.8 Å². The first-order valence-corrected chi connectivity index (χ1v) is 7.72. The molecule has 0 amide bonds. The molecule has 1 unspecified atom stereocenters. The van der Waals surface area contributed by atoms with Crippen LogP contribution in [0.15, 0.2) is 24.3 Å². The van der Waals surface area contributed by atoms with Gasteiger partial charge >= 0.3 is 0 Å². The van der Waals surface area contributed by atoms with E-state index in [0.29, 0.717) is 6.04 Å². The fourth-order valence-electron chi connectivity index (χ4n) is 3.50. The van der Waals surface area contributed by atoms with Crippen LogP contribution in [0.25, 0.3) is 0 Å². The lowest BCUT2D eigenvalue weighted by atomic mass is 9.90. The van der Waals surface area contributed by atoms with E-state index in [1.165, 1.54) is 49.8 Å². The molecule has 2 nitrogen and oxygen atoms in total. The zero-order valence-corrected chi connectivity index (χ0v) is 12.4. The molecule has 19 heavy (non-hydrogen) atoms. The fraction of sp³-hybridized carbons (Fsp3) is 0.647. The monoisotopic (exact) mass is 260 g/mol. The highest BCUT2D eigenvalue weighted by Crippen LogP contribution is 2.30. The Bertz CT molecular complexity index is 381. The minimum absolute atomic E-state index is 0.485. The Morgan fingerprint density at radius 3 is 2.37 bits per heavy atom. The Morgan fingerprint density at radius 1 is 1.16 bits per heavy atom. The van der Waals surface area contributed by atoms with Crippen molar-refractivity contribution in [2.45, 2.75) is 51.5 Å². The average molecular weight is 260 g/mol. The van der Waals surface area contributed by atoms with Crippen molar-refractivity contribution in [1.82, 2.24) is 0 Å². The second kappa shape index (κ2) is 6.95. The molecule has 0 saturated heterocycles. The molecule has 0 aliphatic heterocycles. The van der Waals surface area contributed by atoms with Gasteiger partial charge in [0.1, 0.15) is 0 Å². The molecular weight excluding hydrogens is 232 g/mol. The van der Waals surface area contributed by atoms with Crippen molar-refractivity contribution in [1.29, 1.82) is 0 Å². The number of rotatable bonds is 4. The Labute approximate surface area is 118 Å². The molecule has 1 aromatic rings. The normalized spacial score (nSPS) is 18.9. The molecule has 0 aromatic heterocycles. The number of hydrogen-bond acceptors (Lipinski definition) is 2. The number of hydrogen-bond donors (Lipinski definition) is 1. The van der Waals surface area contributed by atoms with Crippen LogP contribution in [0.3, 0.4) is 0 Å². The third-order valence-electron chi connectivity index (χ3n) is 4.68. The van der Waals surface area contributed by atoms with Crippen LogP contribution >= 0.6 is 0 Å². The summed E-state index contributed by atoms with van der Waals surface area (Å²) < 4.78 is 0. The quantitative estimate of drug-likeness (QED) is 0.836. The molecule has 2 N–H and O–H groups in total. The predicted molar refractivity (Wildman–Crippen MR) is 83.6 cm³/mol. The number of aryl methyl sites for hydroxylation is 1. The zero-order valence-electron chi connectivity index (χ0n) is 12.4. The summed E-state index contributed by atoms with van der Waals surface area (Å²) in [6.45, 7) is 2.95. The van der Waals surface area contributed by atoms with Gasteiger partial charge in [-0.2, -0.15) is 0 Å². The molecule has 1 aromatic carbocycles. The first kappa shape index (κ1) is 14.4. The van der Waals surface area contributed by atoms with Gasteiger partial charge in [0.05, 0.1) is 0 Å². The van der Waals surface area contributed by atoms with E-state index >= 15 is 0 Å². The maximum Gasteiger partial charge on any atom is 0.0437 e. The lowest BCUT2D eigenvalue weighted by Crippen LogP contribution is -2.43. The topological polar surface area (TPSA) is 29.3 Å². The summed E-state index contributed by atoms with van der Waals surface area (Å²) in [5, 5.41) is 0. The largest absolute Gasteiger partial charge is 0.370 e. The first-order chi connectivity index (χ1) is 9.24. The first-order valence-electron chi connectivity index (χ1n) is 7.72. The third-order valence-corrected chi connectivity index (χ3v) is 4.68. The van der Waals surface area contributed by atoms with Crippen LogP contribution in [0.2, 0.25) is 0 Å². The summed E-state index contributed by atoms with van der Waals surface area (Å²) in [4.78, 5) is 2.42. The Hall–Kier alpha value is -1.02. The summed E-state index contributed by atoms with van der Waals surface area (Å²) in [5.74, 6) is 0.761. The maximum absolute atomic E-state index is 6.10. The third kappa shape index (κ3) is 3.50. The Balaban J connectivity index is 2.14. The summed E-state index contributed by atoms with van der Waals surface area (Å²) in [5.41, 5.74) is 8.78. The lowest BCUT2D eigenvalue weighted by Gasteiger charge is -2.36. The van der Waals surface area contributed by atoms with Crippen LogP contribution < -0.4 is 10.6 Å². The Kier molecular flexibility index (Phi) is 5.26. The summed E-state index contributed by atoms with van der Waals surface area (Å²) in [6.07, 6.45) is 8.26. The van der Waals surface area contributed by atoms with Gasteiger partial charge in [0.2, 0.25) is 0 Å². The lowest BCUT2D eigenvalue weighted by molar-refractivity contribution is 0.368. The van der Waals surface area contributed by atoms with E-state index in [2.05, 4.69) is 43.1 Å². The molecule has 0 radical (unpaired) electrons. The van der Waals surface area contributed by atoms with E-state index in [4.69, 9.17) is 5.73 Å². The van der Waals surface area contributed by atoms with Crippen molar-refractivity contribution in [3.8, 4) is 0 Å². The highest BCUT2D eigenvalue weighted by molar-refractivity contribution is 5.53. The van der Waals surface area contributed by atoms with E-state index in [1.54, 1.807) is 0 Å². The second-order valence-electron chi connectivity index (χ2n) is 5.95. The van der Waals surface area contributed by atoms with Crippen LogP contribution in [-0.2, 0) is 0 Å². The molecule has 0 bridgehead atoms. The number of anilines is 1. The van der Waals surface area contributed by atoms with Crippen molar-refractivity contribution in [3.63, 3.8) is 0 Å². The molecular formula is C17H28N2. The van der Waals surface area contributed by atoms with Gasteiger partial charge in [-0.15, -0.1) is 0 Å². The van der Waals surface area contributed by atoms with Crippen molar-refractivity contribution in [3.05, 3.63) is 29.8 Å². The van der Waals surface area contributed by atoms with Gasteiger partial charge in [-0.1, -0.05) is 43.9 Å². The fourth-order valence-corrected chi connectivity index (χ4v) is 3.50. The summed E-state index contributed by atoms with van der Waals surface area (Å²) in [7, 11) is 2.21. The highest BCUT2D eigenvalue weighted by Gasteiger charge is 2.25. The molecule has 0 spiro atoms. The molecule has 1 aliphatic carbocycles. The standard InChI is InChI=1S/C17H28N2/c1-14-9-7-8-12-16(14)19(2)17(13-18)15-10-5-3-4-6-11-15/h7-9,12,15,17H,3-6,10-11,13,18H2,1-2H3. The smallest absolute Gasteiger partial charge is 0.0437 e. The highest BCUT2D eigenvalue weighted by atomic mass is 15.1. The summed E-state index contributed by atoms with van der Waals surface area (Å²) >= 11 is 0. The number of para-hydroxylation sites is 1. The van der Waals surface area contributed by atoms with Gasteiger partial charge < -0.3 is 10.6 Å². The van der Waals surface area contributed by atoms with E-state index in [9.17, 15) is 0 Å². The SMILES string of the molecule is Cc1ccccc1N(C)C(CN)C1CCCCCC1.